The van der Waals surface area contributed by atoms with Gasteiger partial charge in [-0.3, -0.25) is 4.79 Å². The van der Waals surface area contributed by atoms with Crippen LogP contribution in [0.5, 0.6) is 0 Å². The molecule has 0 bridgehead atoms. The number of rotatable bonds is 4. The third kappa shape index (κ3) is 2.59. The topological polar surface area (TPSA) is 33.2 Å². The minimum atomic E-state index is 0.0118. The molecule has 0 aliphatic carbocycles. The van der Waals surface area contributed by atoms with E-state index in [2.05, 4.69) is 41.9 Å². The molecule has 2 aromatic rings. The average molecular weight is 260 g/mol. The van der Waals surface area contributed by atoms with Crippen molar-refractivity contribution >= 4 is 27.9 Å². The fourth-order valence-electron chi connectivity index (χ4n) is 1.77. The highest BCUT2D eigenvalue weighted by Gasteiger charge is 2.13. The summed E-state index contributed by atoms with van der Waals surface area (Å²) in [5, 5.41) is 2.68. The second kappa shape index (κ2) is 5.31. The summed E-state index contributed by atoms with van der Waals surface area (Å²) in [5.74, 6) is 0.0118. The zero-order valence-corrected chi connectivity index (χ0v) is 11.6. The van der Waals surface area contributed by atoms with Crippen LogP contribution >= 0.6 is 11.3 Å². The summed E-state index contributed by atoms with van der Waals surface area (Å²) in [6.07, 6.45) is 0. The number of Topliss-reactive ketones (excluding diaryl/α,β-unsaturated/α-hetero) is 1. The van der Waals surface area contributed by atoms with Crippen LogP contribution in [0.25, 0.3) is 0 Å². The first-order valence-electron chi connectivity index (χ1n) is 5.92. The van der Waals surface area contributed by atoms with Gasteiger partial charge in [-0.2, -0.15) is 0 Å². The SMILES string of the molecule is CCN(c1cccc(C)c1)c1nc(C(C)=O)cs1. The fourth-order valence-corrected chi connectivity index (χ4v) is 2.72. The monoisotopic (exact) mass is 260 g/mol. The Morgan fingerprint density at radius 3 is 2.78 bits per heavy atom. The van der Waals surface area contributed by atoms with E-state index in [4.69, 9.17) is 0 Å². The largest absolute Gasteiger partial charge is 0.318 e. The lowest BCUT2D eigenvalue weighted by Crippen LogP contribution is -2.16. The molecule has 0 saturated heterocycles. The van der Waals surface area contributed by atoms with E-state index in [9.17, 15) is 4.79 Å². The maximum Gasteiger partial charge on any atom is 0.190 e. The molecule has 0 saturated carbocycles. The number of aromatic nitrogens is 1. The Bertz CT molecular complexity index is 562. The van der Waals surface area contributed by atoms with Gasteiger partial charge >= 0.3 is 0 Å². The maximum atomic E-state index is 11.3. The number of nitrogens with zero attached hydrogens (tertiary/aromatic N) is 2. The summed E-state index contributed by atoms with van der Waals surface area (Å²) < 4.78 is 0. The number of thiazole rings is 1. The molecule has 0 aliphatic rings. The number of benzene rings is 1. The first-order chi connectivity index (χ1) is 8.61. The Balaban J connectivity index is 2.35. The molecule has 0 atom stereocenters. The molecule has 0 unspecified atom stereocenters. The molecule has 0 amide bonds. The van der Waals surface area contributed by atoms with Crippen molar-refractivity contribution in [2.75, 3.05) is 11.4 Å². The molecule has 0 spiro atoms. The number of aryl methyl sites for hydroxylation is 1. The molecule has 1 heterocycles. The molecular formula is C14H16N2OS. The quantitative estimate of drug-likeness (QED) is 0.784. The van der Waals surface area contributed by atoms with E-state index in [0.717, 1.165) is 17.4 Å². The van der Waals surface area contributed by atoms with Gasteiger partial charge in [-0.25, -0.2) is 4.98 Å². The molecule has 0 fully saturated rings. The number of carbonyl (C=O) groups excluding carboxylic acids is 1. The van der Waals surface area contributed by atoms with Gasteiger partial charge in [0.15, 0.2) is 10.9 Å². The van der Waals surface area contributed by atoms with Crippen molar-refractivity contribution in [2.45, 2.75) is 20.8 Å². The van der Waals surface area contributed by atoms with Crippen molar-refractivity contribution in [3.63, 3.8) is 0 Å². The lowest BCUT2D eigenvalue weighted by Gasteiger charge is -2.20. The first kappa shape index (κ1) is 12.8. The van der Waals surface area contributed by atoms with Gasteiger partial charge in [-0.1, -0.05) is 12.1 Å². The van der Waals surface area contributed by atoms with Gasteiger partial charge in [0, 0.05) is 24.5 Å². The highest BCUT2D eigenvalue weighted by molar-refractivity contribution is 7.14. The summed E-state index contributed by atoms with van der Waals surface area (Å²) in [7, 11) is 0. The van der Waals surface area contributed by atoms with Gasteiger partial charge in [0.25, 0.3) is 0 Å². The van der Waals surface area contributed by atoms with Crippen LogP contribution in [-0.2, 0) is 0 Å². The standard InChI is InChI=1S/C14H16N2OS/c1-4-16(12-7-5-6-10(2)8-12)14-15-13(9-18-14)11(3)17/h5-9H,4H2,1-3H3. The van der Waals surface area contributed by atoms with E-state index in [0.29, 0.717) is 5.69 Å². The van der Waals surface area contributed by atoms with E-state index in [1.807, 2.05) is 11.4 Å². The van der Waals surface area contributed by atoms with Crippen LogP contribution in [0.3, 0.4) is 0 Å². The van der Waals surface area contributed by atoms with Crippen molar-refractivity contribution in [3.8, 4) is 0 Å². The summed E-state index contributed by atoms with van der Waals surface area (Å²) in [4.78, 5) is 17.8. The lowest BCUT2D eigenvalue weighted by atomic mass is 10.2. The van der Waals surface area contributed by atoms with Crippen LogP contribution in [0.1, 0.15) is 29.9 Å². The minimum absolute atomic E-state index is 0.0118. The number of anilines is 2. The normalized spacial score (nSPS) is 10.4. The Labute approximate surface area is 111 Å². The Morgan fingerprint density at radius 1 is 1.44 bits per heavy atom. The smallest absolute Gasteiger partial charge is 0.190 e. The molecule has 3 nitrogen and oxygen atoms in total. The summed E-state index contributed by atoms with van der Waals surface area (Å²) in [6.45, 7) is 6.52. The van der Waals surface area contributed by atoms with E-state index in [1.54, 1.807) is 6.92 Å². The summed E-state index contributed by atoms with van der Waals surface area (Å²) >= 11 is 1.51. The molecule has 4 heteroatoms. The Hall–Kier alpha value is -1.68. The van der Waals surface area contributed by atoms with Gasteiger partial charge in [0.2, 0.25) is 0 Å². The van der Waals surface area contributed by atoms with Crippen LogP contribution in [0, 0.1) is 6.92 Å². The van der Waals surface area contributed by atoms with Gasteiger partial charge in [0.05, 0.1) is 0 Å². The molecular weight excluding hydrogens is 244 g/mol. The molecule has 1 aromatic carbocycles. The predicted molar refractivity (Wildman–Crippen MR) is 76.0 cm³/mol. The zero-order chi connectivity index (χ0) is 13.1. The highest BCUT2D eigenvalue weighted by atomic mass is 32.1. The second-order valence-electron chi connectivity index (χ2n) is 4.15. The van der Waals surface area contributed by atoms with Crippen LogP contribution in [0.2, 0.25) is 0 Å². The highest BCUT2D eigenvalue weighted by Crippen LogP contribution is 2.28. The van der Waals surface area contributed by atoms with Crippen molar-refractivity contribution in [1.29, 1.82) is 0 Å². The van der Waals surface area contributed by atoms with E-state index in [-0.39, 0.29) is 5.78 Å². The molecule has 18 heavy (non-hydrogen) atoms. The van der Waals surface area contributed by atoms with Crippen molar-refractivity contribution in [2.24, 2.45) is 0 Å². The van der Waals surface area contributed by atoms with Crippen molar-refractivity contribution < 1.29 is 4.79 Å². The van der Waals surface area contributed by atoms with E-state index >= 15 is 0 Å². The summed E-state index contributed by atoms with van der Waals surface area (Å²) in [6, 6.07) is 8.29. The lowest BCUT2D eigenvalue weighted by molar-refractivity contribution is 0.101. The van der Waals surface area contributed by atoms with Crippen LogP contribution in [0.4, 0.5) is 10.8 Å². The Morgan fingerprint density at radius 2 is 2.22 bits per heavy atom. The first-order valence-corrected chi connectivity index (χ1v) is 6.80. The average Bonchev–Trinajstić information content (AvgIpc) is 2.80. The number of carbonyl (C=O) groups is 1. The van der Waals surface area contributed by atoms with Gasteiger partial charge in [-0.15, -0.1) is 11.3 Å². The van der Waals surface area contributed by atoms with Gasteiger partial charge < -0.3 is 4.90 Å². The molecule has 0 N–H and O–H groups in total. The summed E-state index contributed by atoms with van der Waals surface area (Å²) in [5.41, 5.74) is 2.87. The molecule has 2 rings (SSSR count). The predicted octanol–water partition coefficient (Wildman–Crippen LogP) is 3.81. The molecule has 0 aliphatic heterocycles. The van der Waals surface area contributed by atoms with Crippen LogP contribution in [0.15, 0.2) is 29.6 Å². The van der Waals surface area contributed by atoms with Crippen molar-refractivity contribution in [1.82, 2.24) is 4.98 Å². The molecule has 0 radical (unpaired) electrons. The van der Waals surface area contributed by atoms with Crippen LogP contribution in [-0.4, -0.2) is 17.3 Å². The van der Waals surface area contributed by atoms with Crippen LogP contribution < -0.4 is 4.90 Å². The van der Waals surface area contributed by atoms with Crippen molar-refractivity contribution in [3.05, 3.63) is 40.9 Å². The molecule has 94 valence electrons. The Kier molecular flexibility index (Phi) is 3.77. The number of hydrogen-bond acceptors (Lipinski definition) is 4. The van der Waals surface area contributed by atoms with Gasteiger partial charge in [0.1, 0.15) is 5.69 Å². The van der Waals surface area contributed by atoms with Gasteiger partial charge in [-0.05, 0) is 31.5 Å². The number of ketones is 1. The maximum absolute atomic E-state index is 11.3. The van der Waals surface area contributed by atoms with E-state index < -0.39 is 0 Å². The third-order valence-corrected chi connectivity index (χ3v) is 3.58. The third-order valence-electron chi connectivity index (χ3n) is 2.71. The van der Waals surface area contributed by atoms with E-state index in [1.165, 1.54) is 16.9 Å². The molecule has 1 aromatic heterocycles. The minimum Gasteiger partial charge on any atom is -0.318 e. The zero-order valence-electron chi connectivity index (χ0n) is 10.8. The number of hydrogen-bond donors (Lipinski definition) is 0. The fraction of sp³-hybridized carbons (Fsp3) is 0.286. The second-order valence-corrected chi connectivity index (χ2v) is 4.99.